The summed E-state index contributed by atoms with van der Waals surface area (Å²) >= 11 is 5.99. The number of nitrogens with one attached hydrogen (secondary N) is 1. The van der Waals surface area contributed by atoms with Crippen molar-refractivity contribution in [1.29, 1.82) is 0 Å². The fourth-order valence-electron chi connectivity index (χ4n) is 2.00. The molecular weight excluding hydrogens is 258 g/mol. The van der Waals surface area contributed by atoms with Crippen molar-refractivity contribution in [2.24, 2.45) is 0 Å². The van der Waals surface area contributed by atoms with Crippen molar-refractivity contribution >= 4 is 11.6 Å². The predicted octanol–water partition coefficient (Wildman–Crippen LogP) is 3.68. The van der Waals surface area contributed by atoms with Gasteiger partial charge < -0.3 is 10.4 Å². The largest absolute Gasteiger partial charge is 0.392 e. The Morgan fingerprint density at radius 2 is 1.84 bits per heavy atom. The second-order valence-electron chi connectivity index (χ2n) is 4.64. The molecule has 0 aliphatic carbocycles. The summed E-state index contributed by atoms with van der Waals surface area (Å²) in [6.07, 6.45) is 0. The van der Waals surface area contributed by atoms with Gasteiger partial charge in [-0.25, -0.2) is 0 Å². The van der Waals surface area contributed by atoms with Gasteiger partial charge >= 0.3 is 0 Å². The quantitative estimate of drug-likeness (QED) is 0.872. The number of hydrogen-bond acceptors (Lipinski definition) is 2. The Hall–Kier alpha value is -1.35. The summed E-state index contributed by atoms with van der Waals surface area (Å²) in [6, 6.07) is 16.1. The summed E-state index contributed by atoms with van der Waals surface area (Å²) in [4.78, 5) is 0. The molecule has 1 atom stereocenters. The van der Waals surface area contributed by atoms with E-state index in [1.165, 1.54) is 11.1 Å². The molecule has 0 aromatic heterocycles. The van der Waals surface area contributed by atoms with Gasteiger partial charge in [0.15, 0.2) is 0 Å². The summed E-state index contributed by atoms with van der Waals surface area (Å²) in [7, 11) is 0. The first-order valence-corrected chi connectivity index (χ1v) is 6.74. The highest BCUT2D eigenvalue weighted by molar-refractivity contribution is 6.30. The minimum absolute atomic E-state index is 0.0810. The van der Waals surface area contributed by atoms with Gasteiger partial charge in [-0.3, -0.25) is 0 Å². The van der Waals surface area contributed by atoms with Crippen molar-refractivity contribution < 1.29 is 5.11 Å². The third-order valence-corrected chi connectivity index (χ3v) is 3.37. The van der Waals surface area contributed by atoms with E-state index in [2.05, 4.69) is 24.4 Å². The first-order chi connectivity index (χ1) is 9.19. The van der Waals surface area contributed by atoms with Gasteiger partial charge in [0.05, 0.1) is 6.61 Å². The molecule has 2 N–H and O–H groups in total. The Labute approximate surface area is 119 Å². The molecule has 2 aromatic rings. The normalized spacial score (nSPS) is 12.4. The van der Waals surface area contributed by atoms with E-state index in [9.17, 15) is 0 Å². The van der Waals surface area contributed by atoms with Crippen molar-refractivity contribution in [1.82, 2.24) is 5.32 Å². The van der Waals surface area contributed by atoms with Gasteiger partial charge in [-0.2, -0.15) is 0 Å². The van der Waals surface area contributed by atoms with Crippen LogP contribution in [0.2, 0.25) is 5.02 Å². The summed E-state index contributed by atoms with van der Waals surface area (Å²) in [6.45, 7) is 2.96. The van der Waals surface area contributed by atoms with Crippen LogP contribution in [0, 0.1) is 0 Å². The monoisotopic (exact) mass is 275 g/mol. The van der Waals surface area contributed by atoms with Crippen molar-refractivity contribution in [2.45, 2.75) is 26.1 Å². The Morgan fingerprint density at radius 1 is 1.11 bits per heavy atom. The van der Waals surface area contributed by atoms with Crippen LogP contribution in [-0.4, -0.2) is 5.11 Å². The van der Waals surface area contributed by atoms with E-state index in [0.717, 1.165) is 17.1 Å². The second kappa shape index (κ2) is 6.71. The van der Waals surface area contributed by atoms with E-state index in [1.54, 1.807) is 0 Å². The zero-order chi connectivity index (χ0) is 13.7. The van der Waals surface area contributed by atoms with Crippen LogP contribution in [-0.2, 0) is 13.2 Å². The molecule has 0 saturated heterocycles. The molecule has 0 aliphatic rings. The Bertz CT molecular complexity index is 542. The molecule has 2 aromatic carbocycles. The van der Waals surface area contributed by atoms with Crippen LogP contribution in [0.25, 0.3) is 0 Å². The zero-order valence-corrected chi connectivity index (χ0v) is 11.7. The lowest BCUT2D eigenvalue weighted by Gasteiger charge is -2.15. The third-order valence-electron chi connectivity index (χ3n) is 3.14. The number of aliphatic hydroxyl groups excluding tert-OH is 1. The maximum atomic E-state index is 9.11. The maximum Gasteiger partial charge on any atom is 0.0681 e. The van der Waals surface area contributed by atoms with E-state index in [0.29, 0.717) is 0 Å². The number of rotatable bonds is 5. The molecule has 0 heterocycles. The van der Waals surface area contributed by atoms with Crippen molar-refractivity contribution in [3.05, 3.63) is 70.2 Å². The lowest BCUT2D eigenvalue weighted by atomic mass is 10.1. The van der Waals surface area contributed by atoms with Crippen molar-refractivity contribution in [3.63, 3.8) is 0 Å². The highest BCUT2D eigenvalue weighted by Crippen LogP contribution is 2.18. The molecule has 3 heteroatoms. The average Bonchev–Trinajstić information content (AvgIpc) is 2.45. The SMILES string of the molecule is CC(NCc1cccc(CO)c1)c1cccc(Cl)c1. The van der Waals surface area contributed by atoms with Crippen LogP contribution in [0.5, 0.6) is 0 Å². The predicted molar refractivity (Wildman–Crippen MR) is 79.1 cm³/mol. The molecule has 0 aliphatic heterocycles. The average molecular weight is 276 g/mol. The Morgan fingerprint density at radius 3 is 2.58 bits per heavy atom. The van der Waals surface area contributed by atoms with Crippen molar-refractivity contribution in [3.8, 4) is 0 Å². The summed E-state index contributed by atoms with van der Waals surface area (Å²) < 4.78 is 0. The first-order valence-electron chi connectivity index (χ1n) is 6.36. The fraction of sp³-hybridized carbons (Fsp3) is 0.250. The summed E-state index contributed by atoms with van der Waals surface area (Å²) in [5.74, 6) is 0. The molecular formula is C16H18ClNO. The lowest BCUT2D eigenvalue weighted by molar-refractivity contribution is 0.281. The fourth-order valence-corrected chi connectivity index (χ4v) is 2.20. The van der Waals surface area contributed by atoms with E-state index < -0.39 is 0 Å². The molecule has 0 amide bonds. The highest BCUT2D eigenvalue weighted by atomic mass is 35.5. The molecule has 0 bridgehead atoms. The topological polar surface area (TPSA) is 32.3 Å². The van der Waals surface area contributed by atoms with Crippen LogP contribution in [0.4, 0.5) is 0 Å². The van der Waals surface area contributed by atoms with Gasteiger partial charge in [-0.15, -0.1) is 0 Å². The molecule has 2 rings (SSSR count). The molecule has 0 fully saturated rings. The maximum absolute atomic E-state index is 9.11. The van der Waals surface area contributed by atoms with Crippen molar-refractivity contribution in [2.75, 3.05) is 0 Å². The van der Waals surface area contributed by atoms with Gasteiger partial charge in [0, 0.05) is 17.6 Å². The Kier molecular flexibility index (Phi) is 4.97. The van der Waals surface area contributed by atoms with Crippen LogP contribution in [0.1, 0.15) is 29.7 Å². The molecule has 1 unspecified atom stereocenters. The number of aliphatic hydroxyl groups is 1. The number of hydrogen-bond donors (Lipinski definition) is 2. The van der Waals surface area contributed by atoms with Crippen LogP contribution in [0.15, 0.2) is 48.5 Å². The second-order valence-corrected chi connectivity index (χ2v) is 5.07. The molecule has 2 nitrogen and oxygen atoms in total. The van der Waals surface area contributed by atoms with Gasteiger partial charge in [0.1, 0.15) is 0 Å². The van der Waals surface area contributed by atoms with E-state index >= 15 is 0 Å². The number of halogens is 1. The minimum atomic E-state index is 0.0810. The molecule has 0 radical (unpaired) electrons. The van der Waals surface area contributed by atoms with Crippen LogP contribution in [0.3, 0.4) is 0 Å². The standard InChI is InChI=1S/C16H18ClNO/c1-12(15-6-3-7-16(17)9-15)18-10-13-4-2-5-14(8-13)11-19/h2-9,12,18-19H,10-11H2,1H3. The van der Waals surface area contributed by atoms with Crippen LogP contribution < -0.4 is 5.32 Å². The summed E-state index contributed by atoms with van der Waals surface area (Å²) in [5.41, 5.74) is 3.28. The van der Waals surface area contributed by atoms with Crippen LogP contribution >= 0.6 is 11.6 Å². The zero-order valence-electron chi connectivity index (χ0n) is 10.9. The van der Waals surface area contributed by atoms with Gasteiger partial charge in [0.25, 0.3) is 0 Å². The van der Waals surface area contributed by atoms with Gasteiger partial charge in [0.2, 0.25) is 0 Å². The van der Waals surface area contributed by atoms with Gasteiger partial charge in [-0.05, 0) is 35.7 Å². The van der Waals surface area contributed by atoms with E-state index in [-0.39, 0.29) is 12.6 Å². The minimum Gasteiger partial charge on any atom is -0.392 e. The molecule has 100 valence electrons. The van der Waals surface area contributed by atoms with E-state index in [1.807, 2.05) is 36.4 Å². The molecule has 0 spiro atoms. The summed E-state index contributed by atoms with van der Waals surface area (Å²) in [5, 5.41) is 13.3. The first kappa shape index (κ1) is 14.1. The molecule has 19 heavy (non-hydrogen) atoms. The Balaban J connectivity index is 1.98. The molecule has 0 saturated carbocycles. The van der Waals surface area contributed by atoms with E-state index in [4.69, 9.17) is 16.7 Å². The highest BCUT2D eigenvalue weighted by Gasteiger charge is 2.05. The lowest BCUT2D eigenvalue weighted by Crippen LogP contribution is -2.18. The smallest absolute Gasteiger partial charge is 0.0681 e. The van der Waals surface area contributed by atoms with Gasteiger partial charge in [-0.1, -0.05) is 48.0 Å². The number of benzene rings is 2. The third kappa shape index (κ3) is 4.06.